The van der Waals surface area contributed by atoms with E-state index in [0.717, 1.165) is 28.2 Å². The van der Waals surface area contributed by atoms with Gasteiger partial charge in [-0.3, -0.25) is 0 Å². The van der Waals surface area contributed by atoms with Crippen LogP contribution in [-0.2, 0) is 8.34 Å². The largest absolute Gasteiger partial charge is 0.346 e. The molecule has 0 unspecified atom stereocenters. The first kappa shape index (κ1) is 18.3. The SMILES string of the molecule is C=CC(C)(C)OC1(I)c2ccccc2N(c2ccccc2)c2ccccc21. The van der Waals surface area contributed by atoms with Crippen molar-refractivity contribution in [1.82, 2.24) is 0 Å². The maximum atomic E-state index is 6.69. The third-order valence-electron chi connectivity index (χ3n) is 4.89. The molecule has 0 saturated carbocycles. The molecular weight excluding hydrogens is 445 g/mol. The van der Waals surface area contributed by atoms with E-state index < -0.39 is 9.21 Å². The number of hydrogen-bond acceptors (Lipinski definition) is 2. The van der Waals surface area contributed by atoms with E-state index in [4.69, 9.17) is 4.74 Å². The molecule has 0 atom stereocenters. The second kappa shape index (κ2) is 6.80. The molecule has 136 valence electrons. The fourth-order valence-electron chi connectivity index (χ4n) is 3.53. The van der Waals surface area contributed by atoms with Crippen LogP contribution in [-0.4, -0.2) is 5.60 Å². The Kier molecular flexibility index (Phi) is 4.60. The summed E-state index contributed by atoms with van der Waals surface area (Å²) >= 11 is 2.45. The molecule has 0 spiro atoms. The van der Waals surface area contributed by atoms with Gasteiger partial charge in [0.1, 0.15) is 0 Å². The van der Waals surface area contributed by atoms with Crippen molar-refractivity contribution in [2.24, 2.45) is 0 Å². The molecule has 1 heterocycles. The van der Waals surface area contributed by atoms with Crippen molar-refractivity contribution in [3.8, 4) is 0 Å². The Morgan fingerprint density at radius 3 is 1.85 bits per heavy atom. The van der Waals surface area contributed by atoms with Crippen LogP contribution in [0.4, 0.5) is 17.1 Å². The highest BCUT2D eigenvalue weighted by Crippen LogP contribution is 2.56. The highest BCUT2D eigenvalue weighted by molar-refractivity contribution is 14.1. The lowest BCUT2D eigenvalue weighted by Crippen LogP contribution is -2.38. The number of ether oxygens (including phenoxy) is 1. The Balaban J connectivity index is 2.00. The lowest BCUT2D eigenvalue weighted by molar-refractivity contribution is -0.0340. The predicted molar refractivity (Wildman–Crippen MR) is 121 cm³/mol. The van der Waals surface area contributed by atoms with Crippen molar-refractivity contribution in [3.63, 3.8) is 0 Å². The second-order valence-corrected chi connectivity index (χ2v) is 8.73. The van der Waals surface area contributed by atoms with Crippen LogP contribution in [0.3, 0.4) is 0 Å². The molecule has 1 aliphatic rings. The number of rotatable bonds is 4. The molecule has 2 nitrogen and oxygen atoms in total. The Labute approximate surface area is 174 Å². The third kappa shape index (κ3) is 3.09. The van der Waals surface area contributed by atoms with Gasteiger partial charge in [-0.15, -0.1) is 6.58 Å². The summed E-state index contributed by atoms with van der Waals surface area (Å²) in [6, 6.07) is 27.4. The number of anilines is 3. The summed E-state index contributed by atoms with van der Waals surface area (Å²) in [7, 11) is 0. The molecule has 3 aromatic rings. The first-order valence-electron chi connectivity index (χ1n) is 9.03. The van der Waals surface area contributed by atoms with E-state index in [2.05, 4.69) is 121 Å². The van der Waals surface area contributed by atoms with Crippen molar-refractivity contribution in [2.45, 2.75) is 23.1 Å². The van der Waals surface area contributed by atoms with Gasteiger partial charge in [0, 0.05) is 16.8 Å². The fourth-order valence-corrected chi connectivity index (χ4v) is 5.00. The zero-order chi connectivity index (χ0) is 19.1. The number of benzene rings is 3. The van der Waals surface area contributed by atoms with E-state index in [0.29, 0.717) is 0 Å². The molecule has 0 bridgehead atoms. The van der Waals surface area contributed by atoms with Crippen molar-refractivity contribution < 1.29 is 4.74 Å². The highest BCUT2D eigenvalue weighted by atomic mass is 127. The van der Waals surface area contributed by atoms with Crippen LogP contribution >= 0.6 is 22.6 Å². The zero-order valence-corrected chi connectivity index (χ0v) is 17.7. The lowest BCUT2D eigenvalue weighted by Gasteiger charge is -2.44. The van der Waals surface area contributed by atoms with Crippen LogP contribution in [0.5, 0.6) is 0 Å². The van der Waals surface area contributed by atoms with E-state index in [-0.39, 0.29) is 0 Å². The van der Waals surface area contributed by atoms with Gasteiger partial charge in [-0.1, -0.05) is 60.7 Å². The summed E-state index contributed by atoms with van der Waals surface area (Å²) in [5, 5.41) is 0. The molecule has 0 aliphatic carbocycles. The lowest BCUT2D eigenvalue weighted by atomic mass is 9.91. The molecule has 0 amide bonds. The number of para-hydroxylation sites is 3. The first-order valence-corrected chi connectivity index (χ1v) is 10.1. The average Bonchev–Trinajstić information content (AvgIpc) is 2.69. The van der Waals surface area contributed by atoms with Crippen molar-refractivity contribution in [2.75, 3.05) is 4.90 Å². The molecular formula is C24H22INO. The van der Waals surface area contributed by atoms with Gasteiger partial charge in [0.2, 0.25) is 0 Å². The minimum Gasteiger partial charge on any atom is -0.346 e. The second-order valence-electron chi connectivity index (χ2n) is 7.21. The highest BCUT2D eigenvalue weighted by Gasteiger charge is 2.45. The van der Waals surface area contributed by atoms with Gasteiger partial charge in [0.15, 0.2) is 3.61 Å². The van der Waals surface area contributed by atoms with Gasteiger partial charge in [0.05, 0.1) is 17.0 Å². The molecule has 0 fully saturated rings. The summed E-state index contributed by atoms with van der Waals surface area (Å²) in [5.74, 6) is 0. The van der Waals surface area contributed by atoms with E-state index in [1.807, 2.05) is 12.1 Å². The summed E-state index contributed by atoms with van der Waals surface area (Å²) in [6.07, 6.45) is 1.86. The maximum absolute atomic E-state index is 6.69. The number of alkyl halides is 1. The molecule has 3 aromatic carbocycles. The van der Waals surface area contributed by atoms with Gasteiger partial charge in [0.25, 0.3) is 0 Å². The zero-order valence-electron chi connectivity index (χ0n) is 15.5. The summed E-state index contributed by atoms with van der Waals surface area (Å²) < 4.78 is 6.09. The Bertz CT molecular complexity index is 933. The van der Waals surface area contributed by atoms with Crippen LogP contribution in [0.1, 0.15) is 25.0 Å². The maximum Gasteiger partial charge on any atom is 0.174 e. The van der Waals surface area contributed by atoms with Crippen LogP contribution < -0.4 is 4.90 Å². The number of nitrogens with zero attached hydrogens (tertiary/aromatic N) is 1. The summed E-state index contributed by atoms with van der Waals surface area (Å²) in [4.78, 5) is 2.31. The van der Waals surface area contributed by atoms with Crippen LogP contribution in [0.25, 0.3) is 0 Å². The number of fused-ring (bicyclic) bond motifs is 2. The quantitative estimate of drug-likeness (QED) is 0.231. The number of hydrogen-bond donors (Lipinski definition) is 0. The summed E-state index contributed by atoms with van der Waals surface area (Å²) in [6.45, 7) is 8.07. The Morgan fingerprint density at radius 2 is 1.33 bits per heavy atom. The van der Waals surface area contributed by atoms with Crippen LogP contribution in [0.2, 0.25) is 0 Å². The molecule has 0 aromatic heterocycles. The van der Waals surface area contributed by atoms with Gasteiger partial charge in [-0.05, 0) is 60.7 Å². The Morgan fingerprint density at radius 1 is 0.852 bits per heavy atom. The average molecular weight is 467 g/mol. The number of halogens is 1. The van der Waals surface area contributed by atoms with E-state index in [1.165, 1.54) is 0 Å². The van der Waals surface area contributed by atoms with Crippen molar-refractivity contribution in [3.05, 3.63) is 103 Å². The molecule has 0 N–H and O–H groups in total. The van der Waals surface area contributed by atoms with E-state index >= 15 is 0 Å². The van der Waals surface area contributed by atoms with Gasteiger partial charge >= 0.3 is 0 Å². The van der Waals surface area contributed by atoms with Crippen LogP contribution in [0.15, 0.2) is 91.5 Å². The molecule has 1 aliphatic heterocycles. The van der Waals surface area contributed by atoms with E-state index in [1.54, 1.807) is 0 Å². The van der Waals surface area contributed by atoms with Gasteiger partial charge < -0.3 is 9.64 Å². The smallest absolute Gasteiger partial charge is 0.174 e. The van der Waals surface area contributed by atoms with E-state index in [9.17, 15) is 0 Å². The van der Waals surface area contributed by atoms with Crippen molar-refractivity contribution in [1.29, 1.82) is 0 Å². The normalized spacial score (nSPS) is 15.0. The third-order valence-corrected chi connectivity index (χ3v) is 6.27. The standard InChI is InChI=1S/C24H22INO/c1-4-23(2,3)27-24(25)19-14-8-10-16-21(19)26(18-12-6-5-7-13-18)22-17-11-9-15-20(22)24/h4-17H,1H2,2-3H3. The van der Waals surface area contributed by atoms with Crippen LogP contribution in [0, 0.1) is 0 Å². The fraction of sp³-hybridized carbons (Fsp3) is 0.167. The molecule has 0 radical (unpaired) electrons. The topological polar surface area (TPSA) is 12.5 Å². The molecule has 27 heavy (non-hydrogen) atoms. The summed E-state index contributed by atoms with van der Waals surface area (Å²) in [5.41, 5.74) is 5.23. The molecule has 0 saturated heterocycles. The van der Waals surface area contributed by atoms with Gasteiger partial charge in [-0.25, -0.2) is 0 Å². The first-order chi connectivity index (χ1) is 13.0. The minimum absolute atomic E-state index is 0.462. The monoisotopic (exact) mass is 467 g/mol. The van der Waals surface area contributed by atoms with Crippen molar-refractivity contribution >= 4 is 39.7 Å². The predicted octanol–water partition coefficient (Wildman–Crippen LogP) is 7.09. The Hall–Kier alpha value is -2.11. The molecule has 3 heteroatoms. The minimum atomic E-state index is -0.603. The van der Waals surface area contributed by atoms with Gasteiger partial charge in [-0.2, -0.15) is 0 Å². The molecule has 4 rings (SSSR count).